The van der Waals surface area contributed by atoms with Crippen LogP contribution in [0.4, 0.5) is 5.69 Å². The number of benzene rings is 1. The number of aromatic nitrogens is 1. The lowest BCUT2D eigenvalue weighted by molar-refractivity contribution is -0.126. The summed E-state index contributed by atoms with van der Waals surface area (Å²) in [6.45, 7) is 0.895. The third-order valence-electron chi connectivity index (χ3n) is 4.49. The minimum atomic E-state index is -0.416. The molecule has 0 saturated carbocycles. The summed E-state index contributed by atoms with van der Waals surface area (Å²) in [6.07, 6.45) is 1.71. The Bertz CT molecular complexity index is 839. The fourth-order valence-electron chi connectivity index (χ4n) is 2.99. The highest BCUT2D eigenvalue weighted by atomic mass is 16.5. The Morgan fingerprint density at radius 1 is 1.14 bits per heavy atom. The van der Waals surface area contributed by atoms with E-state index in [4.69, 9.17) is 4.74 Å². The molecule has 1 fully saturated rings. The average Bonchev–Trinajstić information content (AvgIpc) is 3.13. The third-order valence-corrected chi connectivity index (χ3v) is 4.49. The van der Waals surface area contributed by atoms with Gasteiger partial charge in [0, 0.05) is 37.9 Å². The lowest BCUT2D eigenvalue weighted by Gasteiger charge is -2.17. The van der Waals surface area contributed by atoms with E-state index in [1.165, 1.54) is 0 Å². The van der Waals surface area contributed by atoms with Crippen LogP contribution in [0.2, 0.25) is 0 Å². The number of hydrogen-bond donors (Lipinski definition) is 2. The molecule has 146 valence electrons. The van der Waals surface area contributed by atoms with Crippen molar-refractivity contribution in [3.05, 3.63) is 54.4 Å². The molecule has 0 radical (unpaired) electrons. The van der Waals surface area contributed by atoms with E-state index >= 15 is 0 Å². The fourth-order valence-corrected chi connectivity index (χ4v) is 2.99. The third kappa shape index (κ3) is 4.64. The second-order valence-electron chi connectivity index (χ2n) is 6.37. The number of carbonyl (C=O) groups is 3. The number of ether oxygens (including phenoxy) is 1. The summed E-state index contributed by atoms with van der Waals surface area (Å²) < 4.78 is 5.12. The van der Waals surface area contributed by atoms with Gasteiger partial charge in [-0.25, -0.2) is 0 Å². The normalized spacial score (nSPS) is 16.0. The second kappa shape index (κ2) is 8.98. The molecule has 0 aliphatic carbocycles. The van der Waals surface area contributed by atoms with Gasteiger partial charge >= 0.3 is 0 Å². The van der Waals surface area contributed by atoms with Gasteiger partial charge in [-0.2, -0.15) is 0 Å². The maximum Gasteiger partial charge on any atom is 0.269 e. The van der Waals surface area contributed by atoms with Crippen molar-refractivity contribution in [2.24, 2.45) is 5.92 Å². The van der Waals surface area contributed by atoms with Crippen molar-refractivity contribution in [2.75, 3.05) is 31.6 Å². The molecule has 1 aliphatic heterocycles. The second-order valence-corrected chi connectivity index (χ2v) is 6.37. The molecule has 1 saturated heterocycles. The van der Waals surface area contributed by atoms with Crippen molar-refractivity contribution in [1.29, 1.82) is 0 Å². The number of methoxy groups -OCH3 is 1. The maximum absolute atomic E-state index is 12.3. The van der Waals surface area contributed by atoms with Crippen molar-refractivity contribution < 1.29 is 19.1 Å². The number of nitrogens with zero attached hydrogens (tertiary/aromatic N) is 2. The summed E-state index contributed by atoms with van der Waals surface area (Å²) in [5, 5.41) is 5.46. The van der Waals surface area contributed by atoms with Crippen molar-refractivity contribution in [3.8, 4) is 5.75 Å². The van der Waals surface area contributed by atoms with Gasteiger partial charge in [0.15, 0.2) is 0 Å². The Morgan fingerprint density at radius 2 is 1.89 bits per heavy atom. The van der Waals surface area contributed by atoms with E-state index in [2.05, 4.69) is 15.6 Å². The van der Waals surface area contributed by atoms with Crippen LogP contribution in [0.25, 0.3) is 0 Å². The Labute approximate surface area is 162 Å². The molecule has 2 aromatic rings. The smallest absolute Gasteiger partial charge is 0.269 e. The van der Waals surface area contributed by atoms with E-state index in [9.17, 15) is 14.4 Å². The lowest BCUT2D eigenvalue weighted by atomic mass is 10.1. The Kier molecular flexibility index (Phi) is 6.21. The minimum Gasteiger partial charge on any atom is -0.497 e. The van der Waals surface area contributed by atoms with Crippen LogP contribution in [0.15, 0.2) is 48.7 Å². The molecule has 1 aliphatic rings. The van der Waals surface area contributed by atoms with Crippen LogP contribution in [0.1, 0.15) is 16.9 Å². The zero-order valence-corrected chi connectivity index (χ0v) is 15.6. The molecule has 28 heavy (non-hydrogen) atoms. The largest absolute Gasteiger partial charge is 0.497 e. The number of rotatable bonds is 7. The van der Waals surface area contributed by atoms with E-state index in [-0.39, 0.29) is 37.2 Å². The molecule has 0 bridgehead atoms. The van der Waals surface area contributed by atoms with Gasteiger partial charge < -0.3 is 20.3 Å². The molecular formula is C20H22N4O4. The first-order valence-electron chi connectivity index (χ1n) is 9.00. The minimum absolute atomic E-state index is 0.0891. The summed E-state index contributed by atoms with van der Waals surface area (Å²) in [5.74, 6) is -0.291. The van der Waals surface area contributed by atoms with Gasteiger partial charge in [0.05, 0.1) is 13.0 Å². The molecule has 0 spiro atoms. The van der Waals surface area contributed by atoms with Gasteiger partial charge in [-0.05, 0) is 36.4 Å². The van der Waals surface area contributed by atoms with Gasteiger partial charge in [-0.1, -0.05) is 6.07 Å². The first-order valence-corrected chi connectivity index (χ1v) is 9.00. The first kappa shape index (κ1) is 19.3. The summed E-state index contributed by atoms with van der Waals surface area (Å²) in [5.41, 5.74) is 1.06. The zero-order chi connectivity index (χ0) is 19.9. The molecule has 2 heterocycles. The van der Waals surface area contributed by atoms with Gasteiger partial charge in [0.25, 0.3) is 5.91 Å². The summed E-state index contributed by atoms with van der Waals surface area (Å²) in [7, 11) is 1.58. The predicted octanol–water partition coefficient (Wildman–Crippen LogP) is 0.989. The summed E-state index contributed by atoms with van der Waals surface area (Å²) in [4.78, 5) is 42.1. The summed E-state index contributed by atoms with van der Waals surface area (Å²) >= 11 is 0. The van der Waals surface area contributed by atoms with Crippen LogP contribution in [-0.4, -0.2) is 49.4 Å². The van der Waals surface area contributed by atoms with Crippen molar-refractivity contribution in [3.63, 3.8) is 0 Å². The number of amides is 3. The quantitative estimate of drug-likeness (QED) is 0.696. The fraction of sp³-hybridized carbons (Fsp3) is 0.300. The molecule has 1 aromatic carbocycles. The van der Waals surface area contributed by atoms with E-state index in [0.29, 0.717) is 18.0 Å². The number of anilines is 1. The van der Waals surface area contributed by atoms with Crippen molar-refractivity contribution >= 4 is 23.4 Å². The molecule has 1 atom stereocenters. The highest BCUT2D eigenvalue weighted by molar-refractivity contribution is 6.00. The number of carbonyl (C=O) groups excluding carboxylic acids is 3. The van der Waals surface area contributed by atoms with E-state index in [1.54, 1.807) is 60.7 Å². The molecule has 3 amide bonds. The van der Waals surface area contributed by atoms with Gasteiger partial charge in [0.1, 0.15) is 11.4 Å². The Balaban J connectivity index is 1.44. The molecule has 8 heteroatoms. The lowest BCUT2D eigenvalue weighted by Crippen LogP contribution is -2.38. The van der Waals surface area contributed by atoms with Crippen molar-refractivity contribution in [1.82, 2.24) is 15.6 Å². The van der Waals surface area contributed by atoms with Crippen LogP contribution in [0, 0.1) is 5.92 Å². The van der Waals surface area contributed by atoms with Crippen LogP contribution in [0.3, 0.4) is 0 Å². The highest BCUT2D eigenvalue weighted by Gasteiger charge is 2.34. The number of pyridine rings is 1. The van der Waals surface area contributed by atoms with Crippen LogP contribution < -0.4 is 20.3 Å². The molecular weight excluding hydrogens is 360 g/mol. The molecule has 1 unspecified atom stereocenters. The Hall–Kier alpha value is -3.42. The van der Waals surface area contributed by atoms with Crippen LogP contribution >= 0.6 is 0 Å². The average molecular weight is 382 g/mol. The topological polar surface area (TPSA) is 101 Å². The molecule has 2 N–H and O–H groups in total. The highest BCUT2D eigenvalue weighted by Crippen LogP contribution is 2.26. The standard InChI is InChI=1S/C20H22N4O4/c1-28-16-7-5-15(6-8-16)24-13-14(12-18(24)25)19(26)22-10-11-23-20(27)17-4-2-3-9-21-17/h2-9,14H,10-13H2,1H3,(H,22,26)(H,23,27). The molecule has 1 aromatic heterocycles. The SMILES string of the molecule is COc1ccc(N2CC(C(=O)NCCNC(=O)c3ccccn3)CC2=O)cc1. The Morgan fingerprint density at radius 3 is 2.57 bits per heavy atom. The van der Waals surface area contributed by atoms with E-state index < -0.39 is 5.92 Å². The van der Waals surface area contributed by atoms with Crippen LogP contribution in [-0.2, 0) is 9.59 Å². The molecule has 3 rings (SSSR count). The van der Waals surface area contributed by atoms with Gasteiger partial charge in [-0.3, -0.25) is 19.4 Å². The first-order chi connectivity index (χ1) is 13.6. The van der Waals surface area contributed by atoms with Gasteiger partial charge in [-0.15, -0.1) is 0 Å². The van der Waals surface area contributed by atoms with Gasteiger partial charge in [0.2, 0.25) is 11.8 Å². The predicted molar refractivity (Wildman–Crippen MR) is 103 cm³/mol. The summed E-state index contributed by atoms with van der Waals surface area (Å²) in [6, 6.07) is 12.2. The molecule has 8 nitrogen and oxygen atoms in total. The zero-order valence-electron chi connectivity index (χ0n) is 15.6. The van der Waals surface area contributed by atoms with E-state index in [1.807, 2.05) is 0 Å². The van der Waals surface area contributed by atoms with E-state index in [0.717, 1.165) is 5.69 Å². The number of nitrogens with one attached hydrogen (secondary N) is 2. The maximum atomic E-state index is 12.3. The number of hydrogen-bond acceptors (Lipinski definition) is 5. The van der Waals surface area contributed by atoms with Crippen molar-refractivity contribution in [2.45, 2.75) is 6.42 Å². The van der Waals surface area contributed by atoms with Crippen LogP contribution in [0.5, 0.6) is 5.75 Å². The monoisotopic (exact) mass is 382 g/mol.